The molecule has 0 atom stereocenters. The highest BCUT2D eigenvalue weighted by Gasteiger charge is 2.30. The SMILES string of the molecule is COc1ccc(C(=O)CN(CCO)C2CC2)cc1Cl. The number of hydrogen-bond acceptors (Lipinski definition) is 4. The van der Waals surface area contributed by atoms with Crippen molar-refractivity contribution in [3.63, 3.8) is 0 Å². The van der Waals surface area contributed by atoms with Crippen molar-refractivity contribution in [3.05, 3.63) is 28.8 Å². The lowest BCUT2D eigenvalue weighted by atomic mass is 10.1. The Bertz CT molecular complexity index is 460. The van der Waals surface area contributed by atoms with Crippen LogP contribution in [0.4, 0.5) is 0 Å². The van der Waals surface area contributed by atoms with Crippen LogP contribution in [0.25, 0.3) is 0 Å². The van der Waals surface area contributed by atoms with Gasteiger partial charge in [-0.15, -0.1) is 0 Å². The summed E-state index contributed by atoms with van der Waals surface area (Å²) in [6, 6.07) is 5.50. The number of hydrogen-bond donors (Lipinski definition) is 1. The predicted molar refractivity (Wildman–Crippen MR) is 74.0 cm³/mol. The van der Waals surface area contributed by atoms with Gasteiger partial charge in [-0.25, -0.2) is 0 Å². The second-order valence-electron chi connectivity index (χ2n) is 4.70. The Kier molecular flexibility index (Phi) is 4.80. The lowest BCUT2D eigenvalue weighted by molar-refractivity contribution is 0.0907. The van der Waals surface area contributed by atoms with Crippen LogP contribution < -0.4 is 4.74 Å². The monoisotopic (exact) mass is 283 g/mol. The molecule has 0 aliphatic heterocycles. The summed E-state index contributed by atoms with van der Waals surface area (Å²) < 4.78 is 5.06. The van der Waals surface area contributed by atoms with Crippen LogP contribution in [0.1, 0.15) is 23.2 Å². The van der Waals surface area contributed by atoms with E-state index in [-0.39, 0.29) is 12.4 Å². The summed E-state index contributed by atoms with van der Waals surface area (Å²) in [6.45, 7) is 0.946. The smallest absolute Gasteiger partial charge is 0.176 e. The van der Waals surface area contributed by atoms with E-state index in [1.807, 2.05) is 4.90 Å². The first-order chi connectivity index (χ1) is 9.15. The van der Waals surface area contributed by atoms with Crippen LogP contribution in [-0.4, -0.2) is 48.6 Å². The molecular formula is C14H18ClNO3. The number of halogens is 1. The fourth-order valence-corrected chi connectivity index (χ4v) is 2.33. The van der Waals surface area contributed by atoms with Gasteiger partial charge >= 0.3 is 0 Å². The summed E-state index contributed by atoms with van der Waals surface area (Å²) in [7, 11) is 1.54. The van der Waals surface area contributed by atoms with Crippen molar-refractivity contribution < 1.29 is 14.6 Å². The van der Waals surface area contributed by atoms with E-state index >= 15 is 0 Å². The van der Waals surface area contributed by atoms with Gasteiger partial charge in [0.25, 0.3) is 0 Å². The summed E-state index contributed by atoms with van der Waals surface area (Å²) in [5.74, 6) is 0.581. The average molecular weight is 284 g/mol. The van der Waals surface area contributed by atoms with E-state index in [2.05, 4.69) is 0 Å². The average Bonchev–Trinajstić information content (AvgIpc) is 3.22. The second kappa shape index (κ2) is 6.37. The number of aliphatic hydroxyl groups excluding tert-OH is 1. The third-order valence-corrected chi connectivity index (χ3v) is 3.57. The number of ketones is 1. The third-order valence-electron chi connectivity index (χ3n) is 3.27. The van der Waals surface area contributed by atoms with Crippen molar-refractivity contribution in [2.24, 2.45) is 0 Å². The zero-order valence-electron chi connectivity index (χ0n) is 10.9. The van der Waals surface area contributed by atoms with Crippen molar-refractivity contribution in [2.75, 3.05) is 26.8 Å². The number of aliphatic hydroxyl groups is 1. The maximum Gasteiger partial charge on any atom is 0.176 e. The van der Waals surface area contributed by atoms with Crippen molar-refractivity contribution in [3.8, 4) is 5.75 Å². The molecule has 0 unspecified atom stereocenters. The van der Waals surface area contributed by atoms with Crippen molar-refractivity contribution >= 4 is 17.4 Å². The molecule has 1 aliphatic rings. The number of Topliss-reactive ketones (excluding diaryl/α,β-unsaturated/α-hetero) is 1. The third kappa shape index (κ3) is 3.69. The van der Waals surface area contributed by atoms with E-state index < -0.39 is 0 Å². The fourth-order valence-electron chi connectivity index (χ4n) is 2.07. The Balaban J connectivity index is 2.04. The van der Waals surface area contributed by atoms with E-state index in [9.17, 15) is 4.79 Å². The maximum absolute atomic E-state index is 12.2. The Morgan fingerprint density at radius 1 is 1.53 bits per heavy atom. The first-order valence-corrected chi connectivity index (χ1v) is 6.75. The van der Waals surface area contributed by atoms with Crippen LogP contribution in [0.5, 0.6) is 5.75 Å². The molecule has 0 aromatic heterocycles. The number of nitrogens with zero attached hydrogens (tertiary/aromatic N) is 1. The number of benzene rings is 1. The number of carbonyl (C=O) groups excluding carboxylic acids is 1. The van der Waals surface area contributed by atoms with Gasteiger partial charge in [-0.05, 0) is 31.0 Å². The Morgan fingerprint density at radius 3 is 2.79 bits per heavy atom. The van der Waals surface area contributed by atoms with Crippen LogP contribution in [0, 0.1) is 0 Å². The number of carbonyl (C=O) groups is 1. The summed E-state index contributed by atoms with van der Waals surface area (Å²) in [5, 5.41) is 9.46. The molecule has 0 spiro atoms. The summed E-state index contributed by atoms with van der Waals surface area (Å²) in [5.41, 5.74) is 0.578. The molecule has 104 valence electrons. The van der Waals surface area contributed by atoms with E-state index in [4.69, 9.17) is 21.4 Å². The normalized spacial score (nSPS) is 14.7. The molecule has 2 rings (SSSR count). The van der Waals surface area contributed by atoms with Gasteiger partial charge in [0.15, 0.2) is 5.78 Å². The standard InChI is InChI=1S/C14H18ClNO3/c1-19-14-5-2-10(8-12(14)15)13(18)9-16(6-7-17)11-3-4-11/h2,5,8,11,17H,3-4,6-7,9H2,1H3. The van der Waals surface area contributed by atoms with Gasteiger partial charge in [0.1, 0.15) is 5.75 Å². The number of methoxy groups -OCH3 is 1. The van der Waals surface area contributed by atoms with Gasteiger partial charge in [-0.2, -0.15) is 0 Å². The quantitative estimate of drug-likeness (QED) is 0.778. The van der Waals surface area contributed by atoms with E-state index in [1.54, 1.807) is 25.3 Å². The van der Waals surface area contributed by atoms with Gasteiger partial charge in [0.05, 0.1) is 25.3 Å². The number of rotatable bonds is 7. The van der Waals surface area contributed by atoms with Crippen LogP contribution in [0.3, 0.4) is 0 Å². The minimum atomic E-state index is 0.0184. The molecule has 1 aromatic rings. The summed E-state index contributed by atoms with van der Waals surface area (Å²) >= 11 is 6.02. The van der Waals surface area contributed by atoms with Gasteiger partial charge in [0, 0.05) is 18.2 Å². The highest BCUT2D eigenvalue weighted by atomic mass is 35.5. The van der Waals surface area contributed by atoms with E-state index in [0.717, 1.165) is 12.8 Å². The van der Waals surface area contributed by atoms with Gasteiger partial charge in [-0.1, -0.05) is 11.6 Å². The van der Waals surface area contributed by atoms with Gasteiger partial charge < -0.3 is 9.84 Å². The molecule has 0 heterocycles. The summed E-state index contributed by atoms with van der Waals surface area (Å²) in [4.78, 5) is 14.2. The topological polar surface area (TPSA) is 49.8 Å². The van der Waals surface area contributed by atoms with Gasteiger partial charge in [-0.3, -0.25) is 9.69 Å². The Labute approximate surface area is 117 Å². The lowest BCUT2D eigenvalue weighted by Crippen LogP contribution is -2.34. The molecule has 5 heteroatoms. The van der Waals surface area contributed by atoms with Crippen molar-refractivity contribution in [1.29, 1.82) is 0 Å². The molecule has 4 nitrogen and oxygen atoms in total. The molecule has 0 amide bonds. The number of ether oxygens (including phenoxy) is 1. The molecule has 1 saturated carbocycles. The molecule has 1 fully saturated rings. The zero-order valence-corrected chi connectivity index (χ0v) is 11.7. The Hall–Kier alpha value is -1.10. The highest BCUT2D eigenvalue weighted by Crippen LogP contribution is 2.28. The van der Waals surface area contributed by atoms with Crippen LogP contribution in [-0.2, 0) is 0 Å². The van der Waals surface area contributed by atoms with Gasteiger partial charge in [0.2, 0.25) is 0 Å². The summed E-state index contributed by atoms with van der Waals surface area (Å²) in [6.07, 6.45) is 2.22. The lowest BCUT2D eigenvalue weighted by Gasteiger charge is -2.19. The molecule has 0 radical (unpaired) electrons. The van der Waals surface area contributed by atoms with Crippen LogP contribution in [0.2, 0.25) is 5.02 Å². The highest BCUT2D eigenvalue weighted by molar-refractivity contribution is 6.32. The fraction of sp³-hybridized carbons (Fsp3) is 0.500. The second-order valence-corrected chi connectivity index (χ2v) is 5.10. The molecule has 1 aromatic carbocycles. The zero-order chi connectivity index (χ0) is 13.8. The molecule has 0 saturated heterocycles. The first kappa shape index (κ1) is 14.3. The van der Waals surface area contributed by atoms with Crippen molar-refractivity contribution in [1.82, 2.24) is 4.90 Å². The van der Waals surface area contributed by atoms with Crippen LogP contribution >= 0.6 is 11.6 Å². The molecule has 0 bridgehead atoms. The largest absolute Gasteiger partial charge is 0.495 e. The first-order valence-electron chi connectivity index (χ1n) is 6.37. The minimum Gasteiger partial charge on any atom is -0.495 e. The maximum atomic E-state index is 12.2. The van der Waals surface area contributed by atoms with E-state index in [1.165, 1.54) is 0 Å². The van der Waals surface area contributed by atoms with E-state index in [0.29, 0.717) is 35.5 Å². The van der Waals surface area contributed by atoms with Crippen molar-refractivity contribution in [2.45, 2.75) is 18.9 Å². The molecule has 1 N–H and O–H groups in total. The molecule has 1 aliphatic carbocycles. The molecular weight excluding hydrogens is 266 g/mol. The predicted octanol–water partition coefficient (Wildman–Crippen LogP) is 1.99. The minimum absolute atomic E-state index is 0.0184. The van der Waals surface area contributed by atoms with Crippen LogP contribution in [0.15, 0.2) is 18.2 Å². The molecule has 19 heavy (non-hydrogen) atoms. The Morgan fingerprint density at radius 2 is 2.26 bits per heavy atom.